The maximum Gasteiger partial charge on any atom is 0.148 e. The summed E-state index contributed by atoms with van der Waals surface area (Å²) in [6.45, 7) is 3.09. The number of aromatic nitrogens is 2. The third-order valence-corrected chi connectivity index (χ3v) is 3.63. The van der Waals surface area contributed by atoms with Gasteiger partial charge in [-0.05, 0) is 34.5 Å². The Hall–Kier alpha value is -0.810. The number of nitrogens with one attached hydrogen (secondary N) is 2. The molecule has 0 aliphatic rings. The fourth-order valence-electron chi connectivity index (χ4n) is 1.25. The van der Waals surface area contributed by atoms with Crippen LogP contribution in [0, 0.1) is 0 Å². The second-order valence-corrected chi connectivity index (χ2v) is 5.66. The summed E-state index contributed by atoms with van der Waals surface area (Å²) in [5, 5.41) is 10.5. The zero-order valence-electron chi connectivity index (χ0n) is 8.38. The van der Waals surface area contributed by atoms with E-state index in [4.69, 9.17) is 0 Å². The van der Waals surface area contributed by atoms with Gasteiger partial charge >= 0.3 is 0 Å². The lowest BCUT2D eigenvalue weighted by Gasteiger charge is -1.96. The molecule has 3 nitrogen and oxygen atoms in total. The molecule has 2 aromatic heterocycles. The Balaban J connectivity index is 2.13. The van der Waals surface area contributed by atoms with Crippen LogP contribution in [-0.2, 0) is 0 Å². The van der Waals surface area contributed by atoms with Crippen LogP contribution in [0.15, 0.2) is 22.0 Å². The molecule has 0 saturated heterocycles. The molecule has 0 fully saturated rings. The average molecular weight is 286 g/mol. The number of thiophene rings is 1. The molecule has 0 aromatic carbocycles. The Morgan fingerprint density at radius 1 is 1.53 bits per heavy atom. The van der Waals surface area contributed by atoms with Crippen LogP contribution >= 0.6 is 27.3 Å². The van der Waals surface area contributed by atoms with E-state index in [0.29, 0.717) is 0 Å². The van der Waals surface area contributed by atoms with E-state index >= 15 is 0 Å². The molecule has 0 aliphatic heterocycles. The first-order valence-corrected chi connectivity index (χ1v) is 6.45. The normalized spacial score (nSPS) is 10.5. The van der Waals surface area contributed by atoms with Gasteiger partial charge in [-0.3, -0.25) is 5.10 Å². The van der Waals surface area contributed by atoms with E-state index < -0.39 is 0 Å². The highest BCUT2D eigenvalue weighted by molar-refractivity contribution is 9.11. The van der Waals surface area contributed by atoms with E-state index in [2.05, 4.69) is 44.4 Å². The number of nitrogens with zero attached hydrogens (tertiary/aromatic N) is 1. The fraction of sp³-hybridized carbons (Fsp3) is 0.300. The van der Waals surface area contributed by atoms with Gasteiger partial charge in [0.05, 0.1) is 14.4 Å². The van der Waals surface area contributed by atoms with Gasteiger partial charge in [-0.1, -0.05) is 6.92 Å². The SMILES string of the molecule is CCCNc1cc(-c2ccc(Br)s2)[nH]n1. The van der Waals surface area contributed by atoms with Crippen molar-refractivity contribution in [2.24, 2.45) is 0 Å². The molecule has 0 bridgehead atoms. The van der Waals surface area contributed by atoms with Gasteiger partial charge in [0.1, 0.15) is 5.82 Å². The standard InChI is InChI=1S/C10H12BrN3S/c1-2-5-12-10-6-7(13-14-10)8-3-4-9(11)15-8/h3-4,6H,2,5H2,1H3,(H2,12,13,14). The summed E-state index contributed by atoms with van der Waals surface area (Å²) in [6.07, 6.45) is 1.10. The number of rotatable bonds is 4. The van der Waals surface area contributed by atoms with Crippen molar-refractivity contribution in [2.45, 2.75) is 13.3 Å². The van der Waals surface area contributed by atoms with E-state index in [9.17, 15) is 0 Å². The van der Waals surface area contributed by atoms with Gasteiger partial charge in [-0.25, -0.2) is 0 Å². The third kappa shape index (κ3) is 2.60. The minimum Gasteiger partial charge on any atom is -0.369 e. The molecule has 0 atom stereocenters. The van der Waals surface area contributed by atoms with Gasteiger partial charge in [-0.2, -0.15) is 5.10 Å². The van der Waals surface area contributed by atoms with Gasteiger partial charge in [0.15, 0.2) is 0 Å². The number of aromatic amines is 1. The molecule has 2 aromatic rings. The Bertz CT molecular complexity index is 435. The van der Waals surface area contributed by atoms with E-state index in [1.165, 1.54) is 4.88 Å². The van der Waals surface area contributed by atoms with Crippen molar-refractivity contribution in [3.8, 4) is 10.6 Å². The number of H-pyrrole nitrogens is 1. The van der Waals surface area contributed by atoms with Gasteiger partial charge in [0, 0.05) is 12.6 Å². The second kappa shape index (κ2) is 4.81. The Labute approximate surface area is 101 Å². The first-order chi connectivity index (χ1) is 7.29. The van der Waals surface area contributed by atoms with E-state index in [-0.39, 0.29) is 0 Å². The van der Waals surface area contributed by atoms with Crippen LogP contribution in [0.25, 0.3) is 10.6 Å². The van der Waals surface area contributed by atoms with E-state index in [0.717, 1.165) is 28.3 Å². The second-order valence-electron chi connectivity index (χ2n) is 3.20. The van der Waals surface area contributed by atoms with Crippen molar-refractivity contribution in [1.29, 1.82) is 0 Å². The molecule has 0 radical (unpaired) electrons. The molecule has 2 N–H and O–H groups in total. The fourth-order valence-corrected chi connectivity index (χ4v) is 2.60. The highest BCUT2D eigenvalue weighted by Gasteiger charge is 2.05. The molecule has 0 amide bonds. The Morgan fingerprint density at radius 3 is 3.07 bits per heavy atom. The van der Waals surface area contributed by atoms with Crippen molar-refractivity contribution < 1.29 is 0 Å². The molecule has 5 heteroatoms. The van der Waals surface area contributed by atoms with Gasteiger partial charge < -0.3 is 5.32 Å². The third-order valence-electron chi connectivity index (χ3n) is 1.97. The predicted octanol–water partition coefficient (Wildman–Crippen LogP) is 3.72. The van der Waals surface area contributed by atoms with Gasteiger partial charge in [0.25, 0.3) is 0 Å². The smallest absolute Gasteiger partial charge is 0.148 e. The van der Waals surface area contributed by atoms with Crippen LogP contribution in [0.5, 0.6) is 0 Å². The lowest BCUT2D eigenvalue weighted by Crippen LogP contribution is -1.99. The number of hydrogen-bond donors (Lipinski definition) is 2. The van der Waals surface area contributed by atoms with Crippen molar-refractivity contribution in [2.75, 3.05) is 11.9 Å². The predicted molar refractivity (Wildman–Crippen MR) is 68.4 cm³/mol. The van der Waals surface area contributed by atoms with Crippen molar-refractivity contribution >= 4 is 33.1 Å². The van der Waals surface area contributed by atoms with E-state index in [1.54, 1.807) is 11.3 Å². The molecular formula is C10H12BrN3S. The molecule has 80 valence electrons. The highest BCUT2D eigenvalue weighted by Crippen LogP contribution is 2.30. The van der Waals surface area contributed by atoms with Crippen LogP contribution < -0.4 is 5.32 Å². The van der Waals surface area contributed by atoms with E-state index in [1.807, 2.05) is 12.1 Å². The minimum absolute atomic E-state index is 0.913. The van der Waals surface area contributed by atoms with Crippen molar-refractivity contribution in [3.05, 3.63) is 22.0 Å². The molecule has 0 saturated carbocycles. The first kappa shape index (κ1) is 10.7. The average Bonchev–Trinajstić information content (AvgIpc) is 2.83. The molecule has 0 unspecified atom stereocenters. The first-order valence-electron chi connectivity index (χ1n) is 4.84. The molecular weight excluding hydrogens is 274 g/mol. The maximum absolute atomic E-state index is 4.19. The van der Waals surface area contributed by atoms with Crippen LogP contribution in [-0.4, -0.2) is 16.7 Å². The molecule has 2 rings (SSSR count). The lowest BCUT2D eigenvalue weighted by molar-refractivity contribution is 0.961. The number of halogens is 1. The van der Waals surface area contributed by atoms with Crippen LogP contribution in [0.2, 0.25) is 0 Å². The summed E-state index contributed by atoms with van der Waals surface area (Å²) in [5.74, 6) is 0.913. The lowest BCUT2D eigenvalue weighted by atomic mass is 10.3. The van der Waals surface area contributed by atoms with Crippen LogP contribution in [0.3, 0.4) is 0 Å². The molecule has 15 heavy (non-hydrogen) atoms. The molecule has 2 heterocycles. The summed E-state index contributed by atoms with van der Waals surface area (Å²) in [5.41, 5.74) is 1.06. The molecule has 0 spiro atoms. The summed E-state index contributed by atoms with van der Waals surface area (Å²) in [7, 11) is 0. The zero-order valence-corrected chi connectivity index (χ0v) is 10.8. The maximum atomic E-state index is 4.19. The topological polar surface area (TPSA) is 40.7 Å². The van der Waals surface area contributed by atoms with Gasteiger partial charge in [-0.15, -0.1) is 11.3 Å². The van der Waals surface area contributed by atoms with Crippen molar-refractivity contribution in [1.82, 2.24) is 10.2 Å². The monoisotopic (exact) mass is 285 g/mol. The van der Waals surface area contributed by atoms with Gasteiger partial charge in [0.2, 0.25) is 0 Å². The summed E-state index contributed by atoms with van der Waals surface area (Å²) < 4.78 is 1.13. The minimum atomic E-state index is 0.913. The Kier molecular flexibility index (Phi) is 3.43. The van der Waals surface area contributed by atoms with Crippen molar-refractivity contribution in [3.63, 3.8) is 0 Å². The highest BCUT2D eigenvalue weighted by atomic mass is 79.9. The largest absolute Gasteiger partial charge is 0.369 e. The number of anilines is 1. The summed E-state index contributed by atoms with van der Waals surface area (Å²) in [6, 6.07) is 6.15. The van der Waals surface area contributed by atoms with Crippen LogP contribution in [0.4, 0.5) is 5.82 Å². The van der Waals surface area contributed by atoms with Crippen LogP contribution in [0.1, 0.15) is 13.3 Å². The zero-order chi connectivity index (χ0) is 10.7. The number of hydrogen-bond acceptors (Lipinski definition) is 3. The quantitative estimate of drug-likeness (QED) is 0.899. The summed E-state index contributed by atoms with van der Waals surface area (Å²) in [4.78, 5) is 1.19. The molecule has 0 aliphatic carbocycles. The Morgan fingerprint density at radius 2 is 2.40 bits per heavy atom. The summed E-state index contributed by atoms with van der Waals surface area (Å²) >= 11 is 5.14.